The average Bonchev–Trinajstić information content (AvgIpc) is 2.74. The van der Waals surface area contributed by atoms with Gasteiger partial charge in [0.2, 0.25) is 5.95 Å². The molecule has 1 aliphatic rings. The fraction of sp³-hybridized carbons (Fsp3) is 0.250. The summed E-state index contributed by atoms with van der Waals surface area (Å²) in [4.78, 5) is 11.3. The van der Waals surface area contributed by atoms with Crippen molar-refractivity contribution >= 4 is 33.8 Å². The maximum Gasteiger partial charge on any atom is 0.227 e. The molecule has 0 unspecified atom stereocenters. The molecule has 3 aromatic rings. The van der Waals surface area contributed by atoms with Crippen molar-refractivity contribution in [1.82, 2.24) is 14.9 Å². The van der Waals surface area contributed by atoms with Gasteiger partial charge in [-0.3, -0.25) is 4.90 Å². The summed E-state index contributed by atoms with van der Waals surface area (Å²) in [7, 11) is 0. The normalized spacial score (nSPS) is 15.1. The van der Waals surface area contributed by atoms with E-state index < -0.39 is 0 Å². The molecule has 1 aliphatic heterocycles. The molecule has 2 aromatic carbocycles. The number of alkyl halides is 1. The van der Waals surface area contributed by atoms with Crippen LogP contribution < -0.4 is 10.6 Å². The molecule has 0 bridgehead atoms. The number of allylic oxidation sites excluding steroid dienone is 3. The summed E-state index contributed by atoms with van der Waals surface area (Å²) in [5.74, 6) is 0.552. The number of hydrogen-bond acceptors (Lipinski definition) is 5. The highest BCUT2D eigenvalue weighted by Gasteiger charge is 2.25. The Morgan fingerprint density at radius 2 is 1.97 bits per heavy atom. The van der Waals surface area contributed by atoms with Gasteiger partial charge in [-0.2, -0.15) is 0 Å². The zero-order chi connectivity index (χ0) is 20.9. The van der Waals surface area contributed by atoms with Crippen LogP contribution in [0.4, 0.5) is 21.7 Å². The zero-order valence-electron chi connectivity index (χ0n) is 17.1. The Balaban J connectivity index is 1.46. The number of hydrogen-bond donors (Lipinski definition) is 2. The van der Waals surface area contributed by atoms with Gasteiger partial charge in [0, 0.05) is 48.2 Å². The highest BCUT2D eigenvalue weighted by atomic mass is 19.1. The monoisotopic (exact) mass is 403 g/mol. The fourth-order valence-corrected chi connectivity index (χ4v) is 3.71. The number of fused-ring (bicyclic) bond motifs is 1. The third kappa shape index (κ3) is 4.33. The van der Waals surface area contributed by atoms with Crippen molar-refractivity contribution in [2.45, 2.75) is 13.0 Å². The van der Waals surface area contributed by atoms with E-state index in [9.17, 15) is 4.39 Å². The van der Waals surface area contributed by atoms with Crippen LogP contribution in [0.5, 0.6) is 0 Å². The van der Waals surface area contributed by atoms with E-state index >= 15 is 0 Å². The molecule has 5 nitrogen and oxygen atoms in total. The number of anilines is 3. The number of benzene rings is 2. The predicted molar refractivity (Wildman–Crippen MR) is 123 cm³/mol. The van der Waals surface area contributed by atoms with E-state index in [2.05, 4.69) is 27.1 Å². The van der Waals surface area contributed by atoms with Gasteiger partial charge in [-0.25, -0.2) is 14.4 Å². The molecule has 2 N–H and O–H groups in total. The van der Waals surface area contributed by atoms with E-state index in [0.717, 1.165) is 46.5 Å². The van der Waals surface area contributed by atoms with Gasteiger partial charge in [0.15, 0.2) is 0 Å². The lowest BCUT2D eigenvalue weighted by molar-refractivity contribution is 0.150. The van der Waals surface area contributed by atoms with Gasteiger partial charge >= 0.3 is 0 Å². The highest BCUT2D eigenvalue weighted by Crippen LogP contribution is 2.26. The lowest BCUT2D eigenvalue weighted by Crippen LogP contribution is -2.55. The molecular weight excluding hydrogens is 377 g/mol. The zero-order valence-corrected chi connectivity index (χ0v) is 17.1. The molecule has 0 atom stereocenters. The quantitative estimate of drug-likeness (QED) is 0.517. The summed E-state index contributed by atoms with van der Waals surface area (Å²) in [5, 5.41) is 7.75. The van der Waals surface area contributed by atoms with Gasteiger partial charge in [-0.05, 0) is 36.8 Å². The first-order valence-corrected chi connectivity index (χ1v) is 10.2. The van der Waals surface area contributed by atoms with Crippen molar-refractivity contribution in [3.05, 3.63) is 73.0 Å². The summed E-state index contributed by atoms with van der Waals surface area (Å²) >= 11 is 0. The Labute approximate surface area is 176 Å². The molecule has 1 saturated heterocycles. The number of aromatic nitrogens is 2. The predicted octanol–water partition coefficient (Wildman–Crippen LogP) is 5.03. The van der Waals surface area contributed by atoms with E-state index in [4.69, 9.17) is 4.98 Å². The summed E-state index contributed by atoms with van der Waals surface area (Å²) in [6, 6.07) is 14.5. The summed E-state index contributed by atoms with van der Waals surface area (Å²) in [5.41, 5.74) is 4.94. The van der Waals surface area contributed by atoms with E-state index in [-0.39, 0.29) is 6.67 Å². The molecule has 1 fully saturated rings. The number of nitrogens with zero attached hydrogens (tertiary/aromatic N) is 3. The summed E-state index contributed by atoms with van der Waals surface area (Å²) < 4.78 is 12.3. The molecule has 0 aliphatic carbocycles. The number of rotatable bonds is 8. The van der Waals surface area contributed by atoms with Crippen LogP contribution in [0.25, 0.3) is 16.5 Å². The largest absolute Gasteiger partial charge is 0.380 e. The number of halogens is 1. The molecule has 30 heavy (non-hydrogen) atoms. The third-order valence-corrected chi connectivity index (χ3v) is 5.32. The standard InChI is InChI=1S/C24H26FN5/c1-3-17(4-2)22-7-5-6-18-14-26-24(29-23(18)22)28-20-10-8-19(9-11-20)27-21-15-30(16-21)13-12-25/h3-11,14,21,27H,1,12-13,15-16H2,2H3,(H,26,28,29). The van der Waals surface area contributed by atoms with Crippen molar-refractivity contribution in [2.24, 2.45) is 0 Å². The van der Waals surface area contributed by atoms with Crippen molar-refractivity contribution in [3.63, 3.8) is 0 Å². The van der Waals surface area contributed by atoms with E-state index in [0.29, 0.717) is 18.5 Å². The van der Waals surface area contributed by atoms with Gasteiger partial charge in [0.05, 0.1) is 11.6 Å². The molecule has 6 heteroatoms. The number of likely N-dealkylation sites (tertiary alicyclic amines) is 1. The van der Waals surface area contributed by atoms with Crippen molar-refractivity contribution in [2.75, 3.05) is 36.9 Å². The Bertz CT molecular complexity index is 1050. The molecule has 4 rings (SSSR count). The molecule has 2 heterocycles. The van der Waals surface area contributed by atoms with Crippen LogP contribution >= 0.6 is 0 Å². The van der Waals surface area contributed by atoms with Gasteiger partial charge in [0.25, 0.3) is 0 Å². The van der Waals surface area contributed by atoms with Crippen molar-refractivity contribution < 1.29 is 4.39 Å². The summed E-state index contributed by atoms with van der Waals surface area (Å²) in [6.07, 6.45) is 5.70. The molecule has 0 saturated carbocycles. The van der Waals surface area contributed by atoms with E-state index in [1.165, 1.54) is 0 Å². The summed E-state index contributed by atoms with van der Waals surface area (Å²) in [6.45, 7) is 7.91. The fourth-order valence-electron chi connectivity index (χ4n) is 3.71. The SMILES string of the molecule is C=CC(=CC)c1cccc2cnc(Nc3ccc(NC4CN(CCF)C4)cc3)nc12. The Kier molecular flexibility index (Phi) is 6.05. The second kappa shape index (κ2) is 9.05. The van der Waals surface area contributed by atoms with Crippen molar-refractivity contribution in [3.8, 4) is 0 Å². The Morgan fingerprint density at radius 3 is 2.67 bits per heavy atom. The number of nitrogens with one attached hydrogen (secondary N) is 2. The van der Waals surface area contributed by atoms with Crippen LogP contribution in [0.2, 0.25) is 0 Å². The lowest BCUT2D eigenvalue weighted by atomic mass is 10.0. The first kappa shape index (κ1) is 20.0. The number of para-hydroxylation sites is 1. The second-order valence-corrected chi connectivity index (χ2v) is 7.38. The molecule has 1 aromatic heterocycles. The minimum Gasteiger partial charge on any atom is -0.380 e. The highest BCUT2D eigenvalue weighted by molar-refractivity contribution is 5.93. The van der Waals surface area contributed by atoms with Crippen molar-refractivity contribution in [1.29, 1.82) is 0 Å². The smallest absolute Gasteiger partial charge is 0.227 e. The minimum absolute atomic E-state index is 0.283. The van der Waals surface area contributed by atoms with E-state index in [1.54, 1.807) is 0 Å². The van der Waals surface area contributed by atoms with E-state index in [1.807, 2.05) is 67.7 Å². The van der Waals surface area contributed by atoms with Crippen LogP contribution in [0.1, 0.15) is 12.5 Å². The third-order valence-electron chi connectivity index (χ3n) is 5.32. The minimum atomic E-state index is -0.283. The Hall–Kier alpha value is -3.25. The van der Waals surface area contributed by atoms with Gasteiger partial charge in [-0.15, -0.1) is 0 Å². The average molecular weight is 404 g/mol. The molecule has 0 amide bonds. The van der Waals surface area contributed by atoms with Crippen LogP contribution in [0.15, 0.2) is 67.4 Å². The van der Waals surface area contributed by atoms with Crippen LogP contribution in [-0.2, 0) is 0 Å². The Morgan fingerprint density at radius 1 is 1.20 bits per heavy atom. The topological polar surface area (TPSA) is 53.1 Å². The lowest BCUT2D eigenvalue weighted by Gasteiger charge is -2.39. The maximum atomic E-state index is 12.3. The maximum absolute atomic E-state index is 12.3. The van der Waals surface area contributed by atoms with Crippen LogP contribution in [-0.4, -0.2) is 47.2 Å². The first-order chi connectivity index (χ1) is 14.7. The molecule has 0 spiro atoms. The first-order valence-electron chi connectivity index (χ1n) is 10.2. The molecular formula is C24H26FN5. The van der Waals surface area contributed by atoms with Gasteiger partial charge in [0.1, 0.15) is 6.67 Å². The van der Waals surface area contributed by atoms with Crippen LogP contribution in [0.3, 0.4) is 0 Å². The molecule has 0 radical (unpaired) electrons. The van der Waals surface area contributed by atoms with Gasteiger partial charge in [-0.1, -0.05) is 36.9 Å². The molecule has 154 valence electrons. The second-order valence-electron chi connectivity index (χ2n) is 7.38. The van der Waals surface area contributed by atoms with Gasteiger partial charge < -0.3 is 10.6 Å². The van der Waals surface area contributed by atoms with Crippen LogP contribution in [0, 0.1) is 0 Å².